The lowest BCUT2D eigenvalue weighted by atomic mass is 10.1. The SMILES string of the molecule is CCc1cc(SCC(NC(c2ccccc2)C(F)(F)F)C(=O)NC2(C#N)CC2)ccc1Cl. The Labute approximate surface area is 194 Å². The van der Waals surface area contributed by atoms with Gasteiger partial charge in [-0.25, -0.2) is 0 Å². The molecular formula is C23H23ClF3N3OS. The van der Waals surface area contributed by atoms with Crippen LogP contribution in [0.25, 0.3) is 0 Å². The van der Waals surface area contributed by atoms with Crippen LogP contribution in [0.3, 0.4) is 0 Å². The maximum atomic E-state index is 13.9. The number of hydrogen-bond donors (Lipinski definition) is 2. The normalized spacial score (nSPS) is 16.6. The number of amides is 1. The molecule has 0 heterocycles. The number of alkyl halides is 3. The first-order valence-electron chi connectivity index (χ1n) is 10.2. The lowest BCUT2D eigenvalue weighted by Gasteiger charge is -2.28. The Morgan fingerprint density at radius 2 is 1.94 bits per heavy atom. The summed E-state index contributed by atoms with van der Waals surface area (Å²) < 4.78 is 41.7. The van der Waals surface area contributed by atoms with E-state index in [0.29, 0.717) is 24.3 Å². The van der Waals surface area contributed by atoms with Gasteiger partial charge >= 0.3 is 6.18 Å². The minimum Gasteiger partial charge on any atom is -0.336 e. The number of nitriles is 1. The Morgan fingerprint density at radius 3 is 2.50 bits per heavy atom. The number of hydrogen-bond acceptors (Lipinski definition) is 4. The van der Waals surface area contributed by atoms with Crippen LogP contribution in [-0.4, -0.2) is 29.4 Å². The number of benzene rings is 2. The third kappa shape index (κ3) is 6.18. The zero-order valence-corrected chi connectivity index (χ0v) is 18.9. The van der Waals surface area contributed by atoms with Gasteiger partial charge in [0.25, 0.3) is 0 Å². The zero-order valence-electron chi connectivity index (χ0n) is 17.4. The lowest BCUT2D eigenvalue weighted by Crippen LogP contribution is -2.52. The summed E-state index contributed by atoms with van der Waals surface area (Å²) >= 11 is 7.42. The van der Waals surface area contributed by atoms with Crippen molar-refractivity contribution in [1.82, 2.24) is 10.6 Å². The Bertz CT molecular complexity index is 990. The van der Waals surface area contributed by atoms with Gasteiger partial charge < -0.3 is 5.32 Å². The molecule has 0 saturated heterocycles. The number of carbonyl (C=O) groups excluding carboxylic acids is 1. The Kier molecular flexibility index (Phi) is 7.75. The molecule has 0 bridgehead atoms. The third-order valence-electron chi connectivity index (χ3n) is 5.29. The number of halogens is 4. The van der Waals surface area contributed by atoms with Gasteiger partial charge in [0.15, 0.2) is 0 Å². The van der Waals surface area contributed by atoms with Crippen LogP contribution in [0, 0.1) is 11.3 Å². The van der Waals surface area contributed by atoms with E-state index in [2.05, 4.69) is 10.6 Å². The van der Waals surface area contributed by atoms with Gasteiger partial charge in [-0.3, -0.25) is 10.1 Å². The monoisotopic (exact) mass is 481 g/mol. The van der Waals surface area contributed by atoms with Crippen molar-refractivity contribution in [1.29, 1.82) is 5.26 Å². The number of nitrogens with zero attached hydrogens (tertiary/aromatic N) is 1. The van der Waals surface area contributed by atoms with E-state index in [9.17, 15) is 23.2 Å². The van der Waals surface area contributed by atoms with Gasteiger partial charge in [-0.2, -0.15) is 18.4 Å². The summed E-state index contributed by atoms with van der Waals surface area (Å²) in [6, 6.07) is 11.7. The molecular weight excluding hydrogens is 459 g/mol. The minimum atomic E-state index is -4.60. The van der Waals surface area contributed by atoms with Gasteiger partial charge in [-0.05, 0) is 48.6 Å². The number of thioether (sulfide) groups is 1. The predicted molar refractivity (Wildman–Crippen MR) is 119 cm³/mol. The average Bonchev–Trinajstić information content (AvgIpc) is 3.54. The first kappa shape index (κ1) is 24.4. The smallest absolute Gasteiger partial charge is 0.336 e. The van der Waals surface area contributed by atoms with Gasteiger partial charge in [0.2, 0.25) is 5.91 Å². The van der Waals surface area contributed by atoms with Gasteiger partial charge in [0.1, 0.15) is 11.6 Å². The van der Waals surface area contributed by atoms with Crippen LogP contribution in [0.15, 0.2) is 53.4 Å². The molecule has 4 nitrogen and oxygen atoms in total. The Morgan fingerprint density at radius 1 is 1.25 bits per heavy atom. The van der Waals surface area contributed by atoms with E-state index < -0.39 is 29.7 Å². The molecule has 1 fully saturated rings. The Hall–Kier alpha value is -2.21. The molecule has 32 heavy (non-hydrogen) atoms. The molecule has 1 aliphatic rings. The molecule has 2 unspecified atom stereocenters. The molecule has 9 heteroatoms. The topological polar surface area (TPSA) is 64.9 Å². The number of rotatable bonds is 9. The maximum absolute atomic E-state index is 13.9. The molecule has 0 aromatic heterocycles. The van der Waals surface area contributed by atoms with Gasteiger partial charge in [-0.15, -0.1) is 11.8 Å². The second kappa shape index (κ2) is 10.2. The summed E-state index contributed by atoms with van der Waals surface area (Å²) in [5.74, 6) is -0.566. The van der Waals surface area contributed by atoms with Crippen molar-refractivity contribution in [3.8, 4) is 6.07 Å². The molecule has 2 aromatic rings. The predicted octanol–water partition coefficient (Wildman–Crippen LogP) is 5.43. The van der Waals surface area contributed by atoms with Crippen molar-refractivity contribution in [2.75, 3.05) is 5.75 Å². The van der Waals surface area contributed by atoms with E-state index in [1.807, 2.05) is 19.1 Å². The highest BCUT2D eigenvalue weighted by Gasteiger charge is 2.47. The summed E-state index contributed by atoms with van der Waals surface area (Å²) in [4.78, 5) is 13.7. The van der Waals surface area contributed by atoms with Crippen molar-refractivity contribution in [2.45, 2.75) is 54.9 Å². The first-order valence-corrected chi connectivity index (χ1v) is 11.6. The van der Waals surface area contributed by atoms with Crippen LogP contribution < -0.4 is 10.6 Å². The van der Waals surface area contributed by atoms with E-state index in [1.54, 1.807) is 18.2 Å². The van der Waals surface area contributed by atoms with Crippen LogP contribution in [-0.2, 0) is 11.2 Å². The van der Waals surface area contributed by atoms with Crippen LogP contribution >= 0.6 is 23.4 Å². The van der Waals surface area contributed by atoms with E-state index in [-0.39, 0.29) is 11.3 Å². The molecule has 0 spiro atoms. The summed E-state index contributed by atoms with van der Waals surface area (Å²) in [7, 11) is 0. The quantitative estimate of drug-likeness (QED) is 0.469. The molecule has 0 aliphatic heterocycles. The van der Waals surface area contributed by atoms with E-state index >= 15 is 0 Å². The highest BCUT2D eigenvalue weighted by Crippen LogP contribution is 2.36. The molecule has 170 valence electrons. The molecule has 0 radical (unpaired) electrons. The summed E-state index contributed by atoms with van der Waals surface area (Å²) in [6.45, 7) is 1.96. The molecule has 2 aromatic carbocycles. The minimum absolute atomic E-state index is 0.0176. The van der Waals surface area contributed by atoms with Crippen molar-refractivity contribution >= 4 is 29.3 Å². The van der Waals surface area contributed by atoms with Gasteiger partial charge in [0.05, 0.1) is 12.1 Å². The molecule has 1 saturated carbocycles. The van der Waals surface area contributed by atoms with Crippen LogP contribution in [0.4, 0.5) is 13.2 Å². The molecule has 2 atom stereocenters. The van der Waals surface area contributed by atoms with Gasteiger partial charge in [0, 0.05) is 15.7 Å². The summed E-state index contributed by atoms with van der Waals surface area (Å²) in [6.07, 6.45) is -2.90. The largest absolute Gasteiger partial charge is 0.407 e. The number of aryl methyl sites for hydroxylation is 1. The fourth-order valence-electron chi connectivity index (χ4n) is 3.23. The van der Waals surface area contributed by atoms with Crippen molar-refractivity contribution in [3.63, 3.8) is 0 Å². The van der Waals surface area contributed by atoms with Gasteiger partial charge in [-0.1, -0.05) is 48.9 Å². The number of nitrogens with one attached hydrogen (secondary N) is 2. The van der Waals surface area contributed by atoms with Crippen molar-refractivity contribution in [2.24, 2.45) is 0 Å². The van der Waals surface area contributed by atoms with E-state index in [4.69, 9.17) is 11.6 Å². The molecule has 2 N–H and O–H groups in total. The standard InChI is InChI=1S/C23H23ClF3N3OS/c1-2-15-12-17(8-9-18(15)24)32-13-19(21(31)30-22(14-28)10-11-22)29-20(23(25,26)27)16-6-4-3-5-7-16/h3-9,12,19-20,29H,2,10-11,13H2,1H3,(H,30,31). The molecule has 3 rings (SSSR count). The van der Waals surface area contributed by atoms with E-state index in [1.165, 1.54) is 36.0 Å². The second-order valence-electron chi connectivity index (χ2n) is 7.71. The van der Waals surface area contributed by atoms with Crippen LogP contribution in [0.1, 0.15) is 36.9 Å². The third-order valence-corrected chi connectivity index (χ3v) is 6.74. The lowest BCUT2D eigenvalue weighted by molar-refractivity contribution is -0.160. The summed E-state index contributed by atoms with van der Waals surface area (Å²) in [5, 5.41) is 15.0. The average molecular weight is 482 g/mol. The maximum Gasteiger partial charge on any atom is 0.407 e. The molecule has 1 aliphatic carbocycles. The molecule has 1 amide bonds. The number of carbonyl (C=O) groups is 1. The zero-order chi connectivity index (χ0) is 23.4. The fourth-order valence-corrected chi connectivity index (χ4v) is 4.48. The van der Waals surface area contributed by atoms with Crippen LogP contribution in [0.2, 0.25) is 5.02 Å². The fraction of sp³-hybridized carbons (Fsp3) is 0.391. The highest BCUT2D eigenvalue weighted by molar-refractivity contribution is 7.99. The van der Waals surface area contributed by atoms with Crippen molar-refractivity contribution in [3.05, 3.63) is 64.7 Å². The summed E-state index contributed by atoms with van der Waals surface area (Å²) in [5.41, 5.74) is -0.0360. The van der Waals surface area contributed by atoms with Crippen LogP contribution in [0.5, 0.6) is 0 Å². The first-order chi connectivity index (χ1) is 15.2. The van der Waals surface area contributed by atoms with E-state index in [0.717, 1.165) is 10.5 Å². The van der Waals surface area contributed by atoms with Crippen molar-refractivity contribution < 1.29 is 18.0 Å². The highest BCUT2D eigenvalue weighted by atomic mass is 35.5. The second-order valence-corrected chi connectivity index (χ2v) is 9.21. The Balaban J connectivity index is 1.82.